The van der Waals surface area contributed by atoms with Crippen LogP contribution in [0.5, 0.6) is 5.75 Å². The SMILES string of the molecule is CNC(=O)OCCCc1ccc(O)c2c1/C=C/C[C@H](O)C(O)C(=O)/C=C\[C@@H](C)C(C)OC2=O. The van der Waals surface area contributed by atoms with Gasteiger partial charge in [-0.3, -0.25) is 4.79 Å². The molecule has 9 heteroatoms. The lowest BCUT2D eigenvalue weighted by Gasteiger charge is -2.21. The van der Waals surface area contributed by atoms with Crippen molar-refractivity contribution in [1.82, 2.24) is 5.32 Å². The minimum atomic E-state index is -1.59. The van der Waals surface area contributed by atoms with Crippen LogP contribution in [0.2, 0.25) is 0 Å². The third-order valence-corrected chi connectivity index (χ3v) is 5.46. The molecule has 2 unspecified atom stereocenters. The standard InChI is InChI=1S/C24H31NO8/c1-14-9-11-20(28)22(29)19(27)8-4-7-17-16(6-5-13-32-24(31)25-3)10-12-18(26)21(17)23(30)33-15(14)2/h4,7,9-12,14-15,19,22,26-27,29H,5-6,8,13H2,1-3H3,(H,25,31)/b7-4+,11-9-/t14-,15?,19+,22?/m1/s1. The van der Waals surface area contributed by atoms with Gasteiger partial charge in [0.25, 0.3) is 0 Å². The van der Waals surface area contributed by atoms with Crippen molar-refractivity contribution in [2.75, 3.05) is 13.7 Å². The van der Waals surface area contributed by atoms with Crippen LogP contribution in [0, 0.1) is 5.92 Å². The first-order valence-corrected chi connectivity index (χ1v) is 10.8. The Morgan fingerprint density at radius 2 is 1.94 bits per heavy atom. The number of amides is 1. The number of alkyl carbamates (subject to hydrolysis) is 1. The first-order valence-electron chi connectivity index (χ1n) is 10.8. The number of benzene rings is 1. The van der Waals surface area contributed by atoms with Crippen LogP contribution in [-0.4, -0.2) is 65.1 Å². The van der Waals surface area contributed by atoms with Gasteiger partial charge in [-0.15, -0.1) is 0 Å². The van der Waals surface area contributed by atoms with Crippen molar-refractivity contribution in [3.05, 3.63) is 47.1 Å². The molecule has 4 N–H and O–H groups in total. The largest absolute Gasteiger partial charge is 0.507 e. The number of cyclic esters (lactones) is 1. The maximum absolute atomic E-state index is 13.0. The summed E-state index contributed by atoms with van der Waals surface area (Å²) < 4.78 is 10.5. The molecule has 0 fully saturated rings. The van der Waals surface area contributed by atoms with Gasteiger partial charge in [-0.2, -0.15) is 0 Å². The average Bonchev–Trinajstić information content (AvgIpc) is 2.79. The van der Waals surface area contributed by atoms with E-state index in [1.54, 1.807) is 26.0 Å². The van der Waals surface area contributed by atoms with Gasteiger partial charge in [-0.1, -0.05) is 31.2 Å². The molecule has 1 aromatic rings. The van der Waals surface area contributed by atoms with E-state index in [1.165, 1.54) is 31.3 Å². The summed E-state index contributed by atoms with van der Waals surface area (Å²) >= 11 is 0. The van der Waals surface area contributed by atoms with Crippen LogP contribution in [0.1, 0.15) is 48.2 Å². The van der Waals surface area contributed by atoms with Gasteiger partial charge in [-0.25, -0.2) is 9.59 Å². The van der Waals surface area contributed by atoms with Crippen LogP contribution >= 0.6 is 0 Å². The quantitative estimate of drug-likeness (QED) is 0.395. The van der Waals surface area contributed by atoms with Crippen LogP contribution in [-0.2, 0) is 20.7 Å². The maximum atomic E-state index is 13.0. The molecule has 33 heavy (non-hydrogen) atoms. The van der Waals surface area contributed by atoms with Crippen LogP contribution in [0.25, 0.3) is 6.08 Å². The number of carbonyl (C=O) groups excluding carboxylic acids is 3. The molecule has 0 saturated heterocycles. The number of rotatable bonds is 4. The van der Waals surface area contributed by atoms with E-state index >= 15 is 0 Å². The van der Waals surface area contributed by atoms with E-state index in [0.717, 1.165) is 0 Å². The molecule has 0 spiro atoms. The Balaban J connectivity index is 2.41. The number of hydrogen-bond donors (Lipinski definition) is 4. The number of nitrogens with one attached hydrogen (secondary N) is 1. The van der Waals surface area contributed by atoms with E-state index in [1.807, 2.05) is 0 Å². The van der Waals surface area contributed by atoms with E-state index < -0.39 is 36.2 Å². The molecule has 1 aliphatic heterocycles. The summed E-state index contributed by atoms with van der Waals surface area (Å²) in [6.07, 6.45) is 2.44. The van der Waals surface area contributed by atoms with Gasteiger partial charge in [0.2, 0.25) is 0 Å². The van der Waals surface area contributed by atoms with Crippen molar-refractivity contribution in [3.63, 3.8) is 0 Å². The smallest absolute Gasteiger partial charge is 0.406 e. The Bertz CT molecular complexity index is 923. The number of ketones is 1. The molecule has 180 valence electrons. The Morgan fingerprint density at radius 3 is 2.64 bits per heavy atom. The number of ether oxygens (including phenoxy) is 2. The lowest BCUT2D eigenvalue weighted by atomic mass is 9.95. The molecule has 0 aromatic heterocycles. The Hall–Kier alpha value is -3.17. The number of carbonyl (C=O) groups is 3. The summed E-state index contributed by atoms with van der Waals surface area (Å²) in [6.45, 7) is 3.54. The number of phenolic OH excluding ortho intramolecular Hbond substituents is 1. The van der Waals surface area contributed by atoms with E-state index in [0.29, 0.717) is 24.0 Å². The second kappa shape index (κ2) is 12.2. The summed E-state index contributed by atoms with van der Waals surface area (Å²) in [4.78, 5) is 36.3. The highest BCUT2D eigenvalue weighted by atomic mass is 16.5. The van der Waals surface area contributed by atoms with Crippen LogP contribution in [0.15, 0.2) is 30.4 Å². The van der Waals surface area contributed by atoms with Gasteiger partial charge >= 0.3 is 12.1 Å². The number of hydrogen-bond acceptors (Lipinski definition) is 8. The normalized spacial score (nSPS) is 25.8. The summed E-state index contributed by atoms with van der Waals surface area (Å²) in [5.74, 6) is -2.00. The molecule has 4 atom stereocenters. The lowest BCUT2D eigenvalue weighted by molar-refractivity contribution is -0.127. The Morgan fingerprint density at radius 1 is 1.21 bits per heavy atom. The lowest BCUT2D eigenvalue weighted by Crippen LogP contribution is -2.32. The second-order valence-electron chi connectivity index (χ2n) is 7.90. The number of aliphatic hydroxyl groups is 2. The number of aliphatic hydroxyl groups excluding tert-OH is 2. The zero-order valence-corrected chi connectivity index (χ0v) is 19.0. The van der Waals surface area contributed by atoms with Gasteiger partial charge in [0.1, 0.15) is 23.5 Å². The second-order valence-corrected chi connectivity index (χ2v) is 7.90. The number of aromatic hydroxyl groups is 1. The fourth-order valence-electron chi connectivity index (χ4n) is 3.25. The molecule has 1 heterocycles. The monoisotopic (exact) mass is 461 g/mol. The first kappa shape index (κ1) is 26.1. The molecular weight excluding hydrogens is 430 g/mol. The highest BCUT2D eigenvalue weighted by Crippen LogP contribution is 2.29. The summed E-state index contributed by atoms with van der Waals surface area (Å²) in [5.41, 5.74) is 1.05. The Kier molecular flexibility index (Phi) is 9.62. The third-order valence-electron chi connectivity index (χ3n) is 5.46. The van der Waals surface area contributed by atoms with Crippen molar-refractivity contribution in [1.29, 1.82) is 0 Å². The predicted octanol–water partition coefficient (Wildman–Crippen LogP) is 2.13. The highest BCUT2D eigenvalue weighted by Gasteiger charge is 2.25. The van der Waals surface area contributed by atoms with Gasteiger partial charge in [-0.05, 0) is 49.5 Å². The van der Waals surface area contributed by atoms with Crippen LogP contribution in [0.3, 0.4) is 0 Å². The highest BCUT2D eigenvalue weighted by molar-refractivity contribution is 5.97. The predicted molar refractivity (Wildman–Crippen MR) is 121 cm³/mol. The molecular formula is C24H31NO8. The molecule has 0 saturated carbocycles. The number of fused-ring (bicyclic) bond motifs is 1. The van der Waals surface area contributed by atoms with Crippen molar-refractivity contribution in [3.8, 4) is 5.75 Å². The van der Waals surface area contributed by atoms with Gasteiger partial charge in [0.05, 0.1) is 12.7 Å². The van der Waals surface area contributed by atoms with E-state index in [-0.39, 0.29) is 30.3 Å². The minimum Gasteiger partial charge on any atom is -0.507 e. The van der Waals surface area contributed by atoms with Crippen molar-refractivity contribution in [2.24, 2.45) is 5.92 Å². The topological polar surface area (TPSA) is 142 Å². The van der Waals surface area contributed by atoms with Crippen molar-refractivity contribution < 1.29 is 39.2 Å². The molecule has 1 amide bonds. The minimum absolute atomic E-state index is 0.0258. The van der Waals surface area contributed by atoms with Gasteiger partial charge < -0.3 is 30.1 Å². The van der Waals surface area contributed by atoms with E-state index in [4.69, 9.17) is 9.47 Å². The zero-order chi connectivity index (χ0) is 24.5. The molecule has 0 radical (unpaired) electrons. The maximum Gasteiger partial charge on any atom is 0.406 e. The molecule has 1 aromatic carbocycles. The van der Waals surface area contributed by atoms with E-state index in [9.17, 15) is 29.7 Å². The first-order chi connectivity index (χ1) is 15.6. The fourth-order valence-corrected chi connectivity index (χ4v) is 3.25. The van der Waals surface area contributed by atoms with Crippen LogP contribution < -0.4 is 5.32 Å². The third kappa shape index (κ3) is 7.16. The van der Waals surface area contributed by atoms with Crippen molar-refractivity contribution in [2.45, 2.75) is 51.4 Å². The molecule has 2 rings (SSSR count). The fraction of sp³-hybridized carbons (Fsp3) is 0.458. The van der Waals surface area contributed by atoms with Crippen molar-refractivity contribution >= 4 is 23.9 Å². The number of aryl methyl sites for hydroxylation is 1. The Labute approximate surface area is 192 Å². The molecule has 0 bridgehead atoms. The number of phenols is 1. The van der Waals surface area contributed by atoms with E-state index in [2.05, 4.69) is 5.32 Å². The summed E-state index contributed by atoms with van der Waals surface area (Å²) in [5, 5.41) is 33.1. The molecule has 0 aliphatic carbocycles. The number of esters is 1. The molecule has 9 nitrogen and oxygen atoms in total. The summed E-state index contributed by atoms with van der Waals surface area (Å²) in [6, 6.07) is 3.05. The van der Waals surface area contributed by atoms with Gasteiger partial charge in [0.15, 0.2) is 5.78 Å². The average molecular weight is 462 g/mol. The summed E-state index contributed by atoms with van der Waals surface area (Å²) in [7, 11) is 1.46. The molecule has 1 aliphatic rings. The van der Waals surface area contributed by atoms with Crippen LogP contribution in [0.4, 0.5) is 4.79 Å². The zero-order valence-electron chi connectivity index (χ0n) is 19.0. The van der Waals surface area contributed by atoms with Gasteiger partial charge in [0, 0.05) is 13.0 Å².